The number of ether oxygens (including phenoxy) is 2. The molecule has 0 aliphatic heterocycles. The summed E-state index contributed by atoms with van der Waals surface area (Å²) in [6.07, 6.45) is 0. The molecule has 0 heterocycles. The molecule has 0 saturated carbocycles. The minimum absolute atomic E-state index is 0. The second-order valence-corrected chi connectivity index (χ2v) is 1.46. The first kappa shape index (κ1) is 12.7. The Bertz CT molecular complexity index is 66.8. The molecule has 48 valence electrons. The van der Waals surface area contributed by atoms with Crippen LogP contribution < -0.4 is 0 Å². The molecular weight excluding hydrogens is 150 g/mol. The zero-order valence-electron chi connectivity index (χ0n) is 4.79. The van der Waals surface area contributed by atoms with Crippen molar-refractivity contribution in [2.75, 3.05) is 14.2 Å². The van der Waals surface area contributed by atoms with Crippen molar-refractivity contribution in [2.45, 2.75) is 6.48 Å². The molecule has 0 saturated heterocycles. The van der Waals surface area contributed by atoms with Crippen LogP contribution >= 0.6 is 0 Å². The van der Waals surface area contributed by atoms with Gasteiger partial charge < -0.3 is 0 Å². The molecule has 9 heavy (non-hydrogen) atoms. The van der Waals surface area contributed by atoms with Crippen molar-refractivity contribution >= 4 is 45.0 Å². The predicted molar refractivity (Wildman–Crippen MR) is 32.5 cm³/mol. The molecule has 0 aromatic heterocycles. The summed E-state index contributed by atoms with van der Waals surface area (Å²) in [7, 11) is 2.81. The van der Waals surface area contributed by atoms with Crippen molar-refractivity contribution in [2.24, 2.45) is 0 Å². The Balaban J connectivity index is 0. The first-order valence-corrected chi connectivity index (χ1v) is 2.94. The Morgan fingerprint density at radius 2 is 1.78 bits per heavy atom. The van der Waals surface area contributed by atoms with E-state index in [1.54, 1.807) is 0 Å². The van der Waals surface area contributed by atoms with Crippen LogP contribution in [-0.4, -0.2) is 65.7 Å². The fraction of sp³-hybridized carbons (Fsp3) is 1.00. The Hall–Kier alpha value is 1.05. The molecule has 0 aromatic carbocycles. The molecule has 4 nitrogen and oxygen atoms in total. The van der Waals surface area contributed by atoms with Crippen LogP contribution in [0.25, 0.3) is 0 Å². The van der Waals surface area contributed by atoms with Crippen LogP contribution in [-0.2, 0) is 17.1 Å². The third-order valence-electron chi connectivity index (χ3n) is 0.552. The summed E-state index contributed by atoms with van der Waals surface area (Å²) in [5.74, 6) is 0. The normalized spacial score (nSPS) is 7.89. The van der Waals surface area contributed by atoms with Crippen molar-refractivity contribution in [3.05, 3.63) is 0 Å². The summed E-state index contributed by atoms with van der Waals surface area (Å²) in [6, 6.07) is 0. The van der Waals surface area contributed by atoms with Gasteiger partial charge in [-0.25, -0.2) is 0 Å². The van der Waals surface area contributed by atoms with Gasteiger partial charge in [-0.15, -0.1) is 0 Å². The van der Waals surface area contributed by atoms with Crippen LogP contribution in [0.1, 0.15) is 0 Å². The van der Waals surface area contributed by atoms with Gasteiger partial charge in [-0.2, -0.15) is 0 Å². The maximum absolute atomic E-state index is 9.76. The van der Waals surface area contributed by atoms with E-state index in [0.29, 0.717) is 0 Å². The second kappa shape index (κ2) is 9.05. The van der Waals surface area contributed by atoms with Crippen LogP contribution in [0.2, 0.25) is 0 Å². The van der Waals surface area contributed by atoms with Crippen LogP contribution in [0.15, 0.2) is 0 Å². The van der Waals surface area contributed by atoms with Crippen molar-refractivity contribution < 1.29 is 17.1 Å². The van der Waals surface area contributed by atoms with E-state index in [9.17, 15) is 3.80 Å². The quantitative estimate of drug-likeness (QED) is 0.384. The van der Waals surface area contributed by atoms with E-state index >= 15 is 0 Å². The number of rotatable bonds is 4. The Morgan fingerprint density at radius 3 is 1.89 bits per heavy atom. The van der Waals surface area contributed by atoms with Crippen molar-refractivity contribution in [3.63, 3.8) is 0 Å². The predicted octanol–water partition coefficient (Wildman–Crippen LogP) is -1.10. The van der Waals surface area contributed by atoms with E-state index in [1.165, 1.54) is 14.2 Å². The average molecular weight is 158 g/mol. The van der Waals surface area contributed by atoms with Crippen molar-refractivity contribution in [1.82, 2.24) is 0 Å². The summed E-state index contributed by atoms with van der Waals surface area (Å²) in [4.78, 5) is 0. The number of hydrogen-bond donors (Lipinski definition) is 0. The molecule has 0 aliphatic carbocycles. The summed E-state index contributed by atoms with van der Waals surface area (Å²) in [6.45, 7) is -0.775. The fourth-order valence-electron chi connectivity index (χ4n) is 0.253. The molecular formula is C3H8AlNaO4. The van der Waals surface area contributed by atoms with E-state index < -0.39 is 22.0 Å². The molecule has 0 bridgehead atoms. The molecule has 0 aromatic rings. The molecule has 0 aliphatic rings. The summed E-state index contributed by atoms with van der Waals surface area (Å²) >= 11 is -1.25. The molecule has 0 spiro atoms. The molecule has 0 N–H and O–H groups in total. The Morgan fingerprint density at radius 1 is 1.33 bits per heavy atom. The summed E-state index contributed by atoms with van der Waals surface area (Å²) < 4.78 is 23.2. The van der Waals surface area contributed by atoms with Gasteiger partial charge in [0.15, 0.2) is 0 Å². The second-order valence-electron chi connectivity index (χ2n) is 0.992. The van der Waals surface area contributed by atoms with E-state index in [-0.39, 0.29) is 29.6 Å². The number of methoxy groups -OCH3 is 2. The molecule has 0 atom stereocenters. The molecule has 0 fully saturated rings. The van der Waals surface area contributed by atoms with Gasteiger partial charge >= 0.3 is 82.8 Å². The average Bonchev–Trinajstić information content (AvgIpc) is 1.83. The van der Waals surface area contributed by atoms with Gasteiger partial charge in [0, 0.05) is 0 Å². The SMILES string of the molecule is COC(OC)[O][Al]=[O].[NaH]. The molecule has 0 unspecified atom stereocenters. The van der Waals surface area contributed by atoms with E-state index in [0.717, 1.165) is 0 Å². The first-order valence-electron chi connectivity index (χ1n) is 2.00. The number of hydrogen-bond acceptors (Lipinski definition) is 4. The van der Waals surface area contributed by atoms with Gasteiger partial charge in [0.1, 0.15) is 0 Å². The monoisotopic (exact) mass is 158 g/mol. The van der Waals surface area contributed by atoms with Crippen LogP contribution in [0, 0.1) is 0 Å². The van der Waals surface area contributed by atoms with E-state index in [2.05, 4.69) is 13.3 Å². The summed E-state index contributed by atoms with van der Waals surface area (Å²) in [5, 5.41) is 0. The van der Waals surface area contributed by atoms with Crippen LogP contribution in [0.4, 0.5) is 0 Å². The fourth-order valence-corrected chi connectivity index (χ4v) is 0.566. The molecule has 6 heteroatoms. The zero-order valence-corrected chi connectivity index (χ0v) is 5.94. The van der Waals surface area contributed by atoms with Gasteiger partial charge in [-0.3, -0.25) is 0 Å². The van der Waals surface area contributed by atoms with E-state index in [1.807, 2.05) is 0 Å². The van der Waals surface area contributed by atoms with E-state index in [4.69, 9.17) is 0 Å². The standard InChI is InChI=1S/C3H7O3.Al.Na.O.H/c1-5-3(4)6-2;;;;/h3H,1-2H3;;;;/q-1;+1;;;. The maximum atomic E-state index is 9.76. The van der Waals surface area contributed by atoms with Crippen LogP contribution in [0.5, 0.6) is 0 Å². The van der Waals surface area contributed by atoms with Gasteiger partial charge in [-0.1, -0.05) is 0 Å². The topological polar surface area (TPSA) is 44.8 Å². The Labute approximate surface area is 82.4 Å². The first-order chi connectivity index (χ1) is 3.85. The zero-order chi connectivity index (χ0) is 6.41. The third kappa shape index (κ3) is 6.94. The molecule has 0 rings (SSSR count). The minimum atomic E-state index is -1.25. The molecule has 0 amide bonds. The van der Waals surface area contributed by atoms with Gasteiger partial charge in [-0.05, 0) is 0 Å². The third-order valence-corrected chi connectivity index (χ3v) is 0.885. The van der Waals surface area contributed by atoms with Crippen LogP contribution in [0.3, 0.4) is 0 Å². The van der Waals surface area contributed by atoms with Gasteiger partial charge in [0.25, 0.3) is 0 Å². The van der Waals surface area contributed by atoms with Crippen molar-refractivity contribution in [1.29, 1.82) is 0 Å². The molecule has 0 radical (unpaired) electrons. The van der Waals surface area contributed by atoms with Gasteiger partial charge in [0.2, 0.25) is 0 Å². The van der Waals surface area contributed by atoms with Crippen molar-refractivity contribution in [3.8, 4) is 0 Å². The van der Waals surface area contributed by atoms with Gasteiger partial charge in [0.05, 0.1) is 0 Å². The Kier molecular flexibility index (Phi) is 12.8. The summed E-state index contributed by atoms with van der Waals surface area (Å²) in [5.41, 5.74) is 0.